The molecule has 1 aliphatic heterocycles. The van der Waals surface area contributed by atoms with Crippen molar-refractivity contribution in [3.05, 3.63) is 101 Å². The lowest BCUT2D eigenvalue weighted by atomic mass is 9.98. The number of carbonyl (C=O) groups excluding carboxylic acids is 1. The van der Waals surface area contributed by atoms with Gasteiger partial charge in [0.15, 0.2) is 0 Å². The number of nitrogens with zero attached hydrogens (tertiary/aromatic N) is 1. The first-order valence-corrected chi connectivity index (χ1v) is 11.9. The first kappa shape index (κ1) is 22.1. The predicted octanol–water partition coefficient (Wildman–Crippen LogP) is 6.20. The van der Waals surface area contributed by atoms with Gasteiger partial charge in [-0.1, -0.05) is 67.6 Å². The Morgan fingerprint density at radius 1 is 0.969 bits per heavy atom. The first-order valence-electron chi connectivity index (χ1n) is 11.9. The van der Waals surface area contributed by atoms with Crippen LogP contribution < -0.4 is 10.2 Å². The van der Waals surface area contributed by atoms with Gasteiger partial charge in [0.05, 0.1) is 6.04 Å². The Bertz CT molecular complexity index is 1010. The summed E-state index contributed by atoms with van der Waals surface area (Å²) in [4.78, 5) is 15.6. The maximum Gasteiger partial charge on any atom is 0.252 e. The van der Waals surface area contributed by atoms with Gasteiger partial charge in [0.2, 0.25) is 0 Å². The van der Waals surface area contributed by atoms with Crippen LogP contribution in [0, 0.1) is 5.92 Å². The van der Waals surface area contributed by atoms with E-state index in [1.165, 1.54) is 24.1 Å². The molecule has 1 fully saturated rings. The van der Waals surface area contributed by atoms with Crippen molar-refractivity contribution in [3.63, 3.8) is 0 Å². The van der Waals surface area contributed by atoms with Crippen LogP contribution in [0.3, 0.4) is 0 Å². The highest BCUT2D eigenvalue weighted by Crippen LogP contribution is 2.25. The van der Waals surface area contributed by atoms with Crippen molar-refractivity contribution in [3.8, 4) is 0 Å². The zero-order valence-corrected chi connectivity index (χ0v) is 19.3. The third kappa shape index (κ3) is 5.59. The maximum atomic E-state index is 13.1. The number of anilines is 1. The molecular weight excluding hydrogens is 392 g/mol. The number of hydrogen-bond donors (Lipinski definition) is 1. The van der Waals surface area contributed by atoms with Crippen molar-refractivity contribution < 1.29 is 4.79 Å². The molecule has 32 heavy (non-hydrogen) atoms. The molecule has 0 aliphatic carbocycles. The van der Waals surface area contributed by atoms with Crippen LogP contribution in [0.2, 0.25) is 0 Å². The molecule has 3 aromatic rings. The molecule has 1 saturated heterocycles. The molecule has 1 aliphatic rings. The van der Waals surface area contributed by atoms with Crippen LogP contribution in [0.5, 0.6) is 0 Å². The number of nitrogens with one attached hydrogen (secondary N) is 1. The molecule has 0 unspecified atom stereocenters. The molecule has 0 radical (unpaired) electrons. The third-order valence-electron chi connectivity index (χ3n) is 6.55. The Hall–Kier alpha value is -3.07. The first-order chi connectivity index (χ1) is 15.6. The van der Waals surface area contributed by atoms with Crippen LogP contribution in [0.25, 0.3) is 0 Å². The van der Waals surface area contributed by atoms with Gasteiger partial charge in [-0.2, -0.15) is 0 Å². The second kappa shape index (κ2) is 10.5. The summed E-state index contributed by atoms with van der Waals surface area (Å²) >= 11 is 0. The fraction of sp³-hybridized carbons (Fsp3) is 0.345. The molecule has 0 aromatic heterocycles. The summed E-state index contributed by atoms with van der Waals surface area (Å²) in [6, 6.07) is 27.1. The molecule has 3 heteroatoms. The Labute approximate surface area is 192 Å². The van der Waals surface area contributed by atoms with E-state index in [1.807, 2.05) is 24.3 Å². The van der Waals surface area contributed by atoms with Crippen LogP contribution in [0.15, 0.2) is 78.9 Å². The number of carbonyl (C=O) groups is 1. The summed E-state index contributed by atoms with van der Waals surface area (Å²) in [5, 5.41) is 3.20. The average molecular weight is 427 g/mol. The molecule has 3 aromatic carbocycles. The van der Waals surface area contributed by atoms with Gasteiger partial charge in [-0.05, 0) is 73.4 Å². The normalized spacial score (nSPS) is 17.1. The minimum atomic E-state index is -0.0426. The highest BCUT2D eigenvalue weighted by atomic mass is 16.1. The smallest absolute Gasteiger partial charge is 0.252 e. The minimum absolute atomic E-state index is 0.00454. The summed E-state index contributed by atoms with van der Waals surface area (Å²) in [6.45, 7) is 6.65. The van der Waals surface area contributed by atoms with Gasteiger partial charge in [-0.3, -0.25) is 4.79 Å². The second-order valence-corrected chi connectivity index (χ2v) is 9.12. The van der Waals surface area contributed by atoms with Crippen molar-refractivity contribution >= 4 is 11.6 Å². The summed E-state index contributed by atoms with van der Waals surface area (Å²) in [7, 11) is 0. The fourth-order valence-electron chi connectivity index (χ4n) is 4.64. The van der Waals surface area contributed by atoms with Crippen molar-refractivity contribution in [1.29, 1.82) is 0 Å². The van der Waals surface area contributed by atoms with Crippen LogP contribution in [0.4, 0.5) is 5.69 Å². The summed E-state index contributed by atoms with van der Waals surface area (Å²) < 4.78 is 0. The van der Waals surface area contributed by atoms with E-state index < -0.39 is 0 Å². The van der Waals surface area contributed by atoms with Crippen molar-refractivity contribution in [1.82, 2.24) is 5.32 Å². The van der Waals surface area contributed by atoms with Gasteiger partial charge < -0.3 is 10.2 Å². The molecule has 4 rings (SSSR count). The van der Waals surface area contributed by atoms with Gasteiger partial charge in [-0.15, -0.1) is 0 Å². The van der Waals surface area contributed by atoms with E-state index in [0.29, 0.717) is 0 Å². The Kier molecular flexibility index (Phi) is 7.26. The van der Waals surface area contributed by atoms with Crippen molar-refractivity contribution in [2.45, 2.75) is 45.6 Å². The van der Waals surface area contributed by atoms with E-state index in [1.54, 1.807) is 0 Å². The van der Waals surface area contributed by atoms with E-state index in [9.17, 15) is 4.79 Å². The van der Waals surface area contributed by atoms with E-state index in [0.717, 1.165) is 48.5 Å². The number of hydrogen-bond acceptors (Lipinski definition) is 2. The number of piperidine rings is 1. The van der Waals surface area contributed by atoms with Gasteiger partial charge in [0.25, 0.3) is 5.91 Å². The SMILES string of the molecule is C[C@@H]1CCCN(c2ccc([C@@H](C)NC(=O)c3ccccc3CCc3ccccc3)cc2)C1. The summed E-state index contributed by atoms with van der Waals surface area (Å²) in [5.41, 5.74) is 5.57. The second-order valence-electron chi connectivity index (χ2n) is 9.12. The highest BCUT2D eigenvalue weighted by molar-refractivity contribution is 5.96. The molecule has 1 heterocycles. The van der Waals surface area contributed by atoms with E-state index in [4.69, 9.17) is 0 Å². The Morgan fingerprint density at radius 3 is 2.44 bits per heavy atom. The molecule has 0 saturated carbocycles. The van der Waals surface area contributed by atoms with E-state index in [2.05, 4.69) is 78.7 Å². The van der Waals surface area contributed by atoms with Crippen LogP contribution in [-0.4, -0.2) is 19.0 Å². The molecule has 166 valence electrons. The monoisotopic (exact) mass is 426 g/mol. The molecular formula is C29H34N2O. The van der Waals surface area contributed by atoms with Crippen molar-refractivity contribution in [2.24, 2.45) is 5.92 Å². The summed E-state index contributed by atoms with van der Waals surface area (Å²) in [5.74, 6) is 0.749. The molecule has 2 atom stereocenters. The van der Waals surface area contributed by atoms with E-state index >= 15 is 0 Å². The van der Waals surface area contributed by atoms with Gasteiger partial charge in [0, 0.05) is 24.3 Å². The standard InChI is InChI=1S/C29H34N2O/c1-22-9-8-20-31(21-22)27-18-16-25(17-19-27)23(2)30-29(32)28-13-7-6-12-26(28)15-14-24-10-4-3-5-11-24/h3-7,10-13,16-19,22-23H,8-9,14-15,20-21H2,1-2H3,(H,30,32)/t22-,23-/m1/s1. The Morgan fingerprint density at radius 2 is 1.69 bits per heavy atom. The predicted molar refractivity (Wildman–Crippen MR) is 133 cm³/mol. The number of rotatable bonds is 7. The highest BCUT2D eigenvalue weighted by Gasteiger charge is 2.18. The lowest BCUT2D eigenvalue weighted by Gasteiger charge is -2.33. The number of benzene rings is 3. The van der Waals surface area contributed by atoms with Crippen LogP contribution in [-0.2, 0) is 12.8 Å². The van der Waals surface area contributed by atoms with Gasteiger partial charge in [0.1, 0.15) is 0 Å². The zero-order valence-electron chi connectivity index (χ0n) is 19.3. The maximum absolute atomic E-state index is 13.1. The van der Waals surface area contributed by atoms with Gasteiger partial charge >= 0.3 is 0 Å². The lowest BCUT2D eigenvalue weighted by Crippen LogP contribution is -2.34. The van der Waals surface area contributed by atoms with E-state index in [-0.39, 0.29) is 11.9 Å². The molecule has 1 N–H and O–H groups in total. The summed E-state index contributed by atoms with van der Waals surface area (Å²) in [6.07, 6.45) is 4.37. The minimum Gasteiger partial charge on any atom is -0.371 e. The number of aryl methyl sites for hydroxylation is 2. The fourth-order valence-corrected chi connectivity index (χ4v) is 4.64. The molecule has 0 spiro atoms. The average Bonchev–Trinajstić information content (AvgIpc) is 2.83. The third-order valence-corrected chi connectivity index (χ3v) is 6.55. The molecule has 0 bridgehead atoms. The van der Waals surface area contributed by atoms with Crippen LogP contribution >= 0.6 is 0 Å². The lowest BCUT2D eigenvalue weighted by molar-refractivity contribution is 0.0939. The number of amides is 1. The van der Waals surface area contributed by atoms with Crippen LogP contribution in [0.1, 0.15) is 59.8 Å². The van der Waals surface area contributed by atoms with Gasteiger partial charge in [-0.25, -0.2) is 0 Å². The Balaban J connectivity index is 1.39. The molecule has 3 nitrogen and oxygen atoms in total. The molecule has 1 amide bonds. The quantitative estimate of drug-likeness (QED) is 0.488. The topological polar surface area (TPSA) is 32.3 Å². The zero-order chi connectivity index (χ0) is 22.3. The van der Waals surface area contributed by atoms with Crippen molar-refractivity contribution in [2.75, 3.05) is 18.0 Å². The largest absolute Gasteiger partial charge is 0.371 e.